The van der Waals surface area contributed by atoms with E-state index in [0.29, 0.717) is 0 Å². The van der Waals surface area contributed by atoms with Crippen molar-refractivity contribution in [2.75, 3.05) is 0 Å². The molecule has 0 aromatic heterocycles. The van der Waals surface area contributed by atoms with Crippen LogP contribution in [0.3, 0.4) is 0 Å². The second kappa shape index (κ2) is 5.45. The number of hydrogen-bond acceptors (Lipinski definition) is 0. The molecule has 2 radical (unpaired) electrons. The fourth-order valence-electron chi connectivity index (χ4n) is 1.79. The summed E-state index contributed by atoms with van der Waals surface area (Å²) in [5, 5.41) is 0. The van der Waals surface area contributed by atoms with Gasteiger partial charge in [-0.25, -0.2) is 0 Å². The molecule has 0 amide bonds. The summed E-state index contributed by atoms with van der Waals surface area (Å²) < 4.78 is 0. The summed E-state index contributed by atoms with van der Waals surface area (Å²) in [6.45, 7) is 2.19. The molecule has 1 rings (SSSR count). The van der Waals surface area contributed by atoms with Crippen LogP contribution >= 0.6 is 0 Å². The minimum atomic E-state index is 1.13. The van der Waals surface area contributed by atoms with Crippen LogP contribution in [0.1, 0.15) is 58.3 Å². The monoisotopic (exact) mass is 162 g/mol. The molecule has 0 bridgehead atoms. The first-order valence-corrected chi connectivity index (χ1v) is 5.25. The lowest BCUT2D eigenvalue weighted by molar-refractivity contribution is 0.583. The number of rotatable bonds is 0. The van der Waals surface area contributed by atoms with Gasteiger partial charge in [0.1, 0.15) is 7.85 Å². The Morgan fingerprint density at radius 2 is 1.33 bits per heavy atom. The second-order valence-corrected chi connectivity index (χ2v) is 3.93. The molecule has 1 heteroatoms. The molecule has 0 atom stereocenters. The SMILES string of the molecule is [B]/C1=C(\C)CCCCCCCC1. The van der Waals surface area contributed by atoms with Crippen LogP contribution in [0.15, 0.2) is 11.0 Å². The molecule has 12 heavy (non-hydrogen) atoms. The molecule has 1 aliphatic carbocycles. The Morgan fingerprint density at radius 3 is 2.00 bits per heavy atom. The predicted octanol–water partition coefficient (Wildman–Crippen LogP) is 3.56. The molecular weight excluding hydrogens is 143 g/mol. The van der Waals surface area contributed by atoms with Gasteiger partial charge in [-0.2, -0.15) is 0 Å². The highest BCUT2D eigenvalue weighted by molar-refractivity contribution is 6.21. The van der Waals surface area contributed by atoms with Gasteiger partial charge in [-0.3, -0.25) is 0 Å². The van der Waals surface area contributed by atoms with E-state index in [2.05, 4.69) is 6.92 Å². The van der Waals surface area contributed by atoms with Crippen LogP contribution in [0.5, 0.6) is 0 Å². The lowest BCUT2D eigenvalue weighted by Gasteiger charge is -2.11. The van der Waals surface area contributed by atoms with Crippen molar-refractivity contribution < 1.29 is 0 Å². The van der Waals surface area contributed by atoms with E-state index in [1.165, 1.54) is 50.5 Å². The van der Waals surface area contributed by atoms with Crippen molar-refractivity contribution in [3.8, 4) is 0 Å². The number of allylic oxidation sites excluding steroid dienone is 2. The average molecular weight is 162 g/mol. The van der Waals surface area contributed by atoms with Gasteiger partial charge >= 0.3 is 0 Å². The molecule has 0 heterocycles. The van der Waals surface area contributed by atoms with Gasteiger partial charge in [0.25, 0.3) is 0 Å². The van der Waals surface area contributed by atoms with Crippen molar-refractivity contribution in [2.24, 2.45) is 0 Å². The summed E-state index contributed by atoms with van der Waals surface area (Å²) in [6, 6.07) is 0. The van der Waals surface area contributed by atoms with Gasteiger partial charge in [-0.1, -0.05) is 37.7 Å². The lowest BCUT2D eigenvalue weighted by Crippen LogP contribution is -1.93. The van der Waals surface area contributed by atoms with Crippen molar-refractivity contribution in [3.05, 3.63) is 11.0 Å². The molecule has 0 aromatic carbocycles. The topological polar surface area (TPSA) is 0 Å². The second-order valence-electron chi connectivity index (χ2n) is 3.93. The van der Waals surface area contributed by atoms with E-state index in [-0.39, 0.29) is 0 Å². The van der Waals surface area contributed by atoms with Crippen molar-refractivity contribution >= 4 is 7.85 Å². The fraction of sp³-hybridized carbons (Fsp3) is 0.818. The summed E-state index contributed by atoms with van der Waals surface area (Å²) in [5.74, 6) is 0. The van der Waals surface area contributed by atoms with Gasteiger partial charge in [-0.05, 0) is 26.2 Å². The minimum Gasteiger partial charge on any atom is -0.119 e. The van der Waals surface area contributed by atoms with E-state index in [1.807, 2.05) is 0 Å². The van der Waals surface area contributed by atoms with Crippen LogP contribution in [0.25, 0.3) is 0 Å². The van der Waals surface area contributed by atoms with Crippen LogP contribution in [0.4, 0.5) is 0 Å². The third-order valence-electron chi connectivity index (χ3n) is 2.80. The highest BCUT2D eigenvalue weighted by atomic mass is 14.0. The molecule has 0 fully saturated rings. The highest BCUT2D eigenvalue weighted by Gasteiger charge is 2.00. The van der Waals surface area contributed by atoms with E-state index in [9.17, 15) is 0 Å². The molecule has 0 aliphatic heterocycles. The van der Waals surface area contributed by atoms with Gasteiger partial charge in [0.05, 0.1) is 0 Å². The Kier molecular flexibility index (Phi) is 4.49. The maximum atomic E-state index is 5.95. The first-order chi connectivity index (χ1) is 5.80. The van der Waals surface area contributed by atoms with Crippen molar-refractivity contribution in [2.45, 2.75) is 58.3 Å². The van der Waals surface area contributed by atoms with Crippen molar-refractivity contribution in [1.29, 1.82) is 0 Å². The minimum absolute atomic E-state index is 1.13. The summed E-state index contributed by atoms with van der Waals surface area (Å²) in [4.78, 5) is 0. The summed E-state index contributed by atoms with van der Waals surface area (Å²) in [6.07, 6.45) is 10.6. The van der Waals surface area contributed by atoms with E-state index < -0.39 is 0 Å². The molecule has 1 aliphatic rings. The number of hydrogen-bond donors (Lipinski definition) is 0. The molecule has 0 saturated carbocycles. The highest BCUT2D eigenvalue weighted by Crippen LogP contribution is 2.19. The standard InChI is InChI=1S/C11H19B/c1-10-8-6-4-2-3-5-7-9-11(10)12/h2-9H2,1H3/b11-10+. The van der Waals surface area contributed by atoms with E-state index >= 15 is 0 Å². The molecule has 0 nitrogen and oxygen atoms in total. The maximum absolute atomic E-state index is 5.95. The summed E-state index contributed by atoms with van der Waals surface area (Å²) in [7, 11) is 5.95. The van der Waals surface area contributed by atoms with Crippen molar-refractivity contribution in [3.63, 3.8) is 0 Å². The zero-order valence-electron chi connectivity index (χ0n) is 8.23. The van der Waals surface area contributed by atoms with Crippen LogP contribution in [-0.2, 0) is 0 Å². The lowest BCUT2D eigenvalue weighted by atomic mass is 9.83. The van der Waals surface area contributed by atoms with Crippen LogP contribution < -0.4 is 0 Å². The average Bonchev–Trinajstić information content (AvgIpc) is 2.08. The third-order valence-corrected chi connectivity index (χ3v) is 2.80. The zero-order chi connectivity index (χ0) is 8.81. The molecule has 0 saturated heterocycles. The Morgan fingerprint density at radius 1 is 0.833 bits per heavy atom. The van der Waals surface area contributed by atoms with E-state index in [1.54, 1.807) is 0 Å². The predicted molar refractivity (Wildman–Crippen MR) is 55.4 cm³/mol. The molecule has 0 spiro atoms. The quantitative estimate of drug-likeness (QED) is 0.477. The van der Waals surface area contributed by atoms with Gasteiger partial charge in [0.2, 0.25) is 0 Å². The molecule has 0 N–H and O–H groups in total. The third kappa shape index (κ3) is 3.47. The van der Waals surface area contributed by atoms with Gasteiger partial charge in [0.15, 0.2) is 0 Å². The Balaban J connectivity index is 2.43. The molecule has 66 valence electrons. The Hall–Kier alpha value is -0.195. The fourth-order valence-corrected chi connectivity index (χ4v) is 1.79. The molecular formula is C11H19B. The molecule has 0 unspecified atom stereocenters. The van der Waals surface area contributed by atoms with Crippen molar-refractivity contribution in [1.82, 2.24) is 0 Å². The maximum Gasteiger partial charge on any atom is 0.107 e. The zero-order valence-corrected chi connectivity index (χ0v) is 8.23. The van der Waals surface area contributed by atoms with Gasteiger partial charge in [0, 0.05) is 0 Å². The van der Waals surface area contributed by atoms with Crippen LogP contribution in [0, 0.1) is 0 Å². The molecule has 0 aromatic rings. The van der Waals surface area contributed by atoms with Crippen LogP contribution in [-0.4, -0.2) is 7.85 Å². The van der Waals surface area contributed by atoms with Gasteiger partial charge in [-0.15, -0.1) is 5.47 Å². The largest absolute Gasteiger partial charge is 0.119 e. The Labute approximate surface area is 77.8 Å². The van der Waals surface area contributed by atoms with Crippen LogP contribution in [0.2, 0.25) is 0 Å². The first-order valence-electron chi connectivity index (χ1n) is 5.25. The first kappa shape index (κ1) is 9.89. The van der Waals surface area contributed by atoms with E-state index in [4.69, 9.17) is 7.85 Å². The van der Waals surface area contributed by atoms with Gasteiger partial charge < -0.3 is 0 Å². The van der Waals surface area contributed by atoms with E-state index in [0.717, 1.165) is 11.9 Å². The summed E-state index contributed by atoms with van der Waals surface area (Å²) in [5.41, 5.74) is 2.61. The normalized spacial score (nSPS) is 28.4. The summed E-state index contributed by atoms with van der Waals surface area (Å²) >= 11 is 0. The smallest absolute Gasteiger partial charge is 0.107 e. The Bertz CT molecular complexity index is 140.